The number of unbranched alkanes of at least 4 members (excludes halogenated alkanes) is 1. The van der Waals surface area contributed by atoms with Crippen molar-refractivity contribution in [2.45, 2.75) is 117 Å². The summed E-state index contributed by atoms with van der Waals surface area (Å²) in [5, 5.41) is 37.6. The van der Waals surface area contributed by atoms with Crippen LogP contribution in [-0.4, -0.2) is 76.8 Å². The van der Waals surface area contributed by atoms with Crippen LogP contribution in [0.3, 0.4) is 0 Å². The van der Waals surface area contributed by atoms with Gasteiger partial charge in [0.2, 0.25) is 17.7 Å². The molecule has 0 rings (SSSR count). The summed E-state index contributed by atoms with van der Waals surface area (Å²) >= 11 is 0. The molecule has 0 aliphatic carbocycles. The molecule has 8 N–H and O–H groups in total. The highest BCUT2D eigenvalue weighted by Gasteiger charge is 2.23. The minimum atomic E-state index is -0.432. The second-order valence-electron chi connectivity index (χ2n) is 12.1. The quantitative estimate of drug-likeness (QED) is 0.0416. The average Bonchev–Trinajstić information content (AvgIpc) is 2.91. The molecule has 0 bridgehead atoms. The molecule has 0 saturated heterocycles. The first-order chi connectivity index (χ1) is 19.2. The van der Waals surface area contributed by atoms with Gasteiger partial charge in [0, 0.05) is 31.8 Å². The van der Waals surface area contributed by atoms with Gasteiger partial charge in [-0.1, -0.05) is 23.7 Å². The monoisotopic (exact) mass is 583 g/mol. The normalized spacial score (nSPS) is 14.4. The first-order valence-corrected chi connectivity index (χ1v) is 14.9. The molecule has 0 aliphatic heterocycles. The molecular formula is C29H57N7O5. The molecule has 3 amide bonds. The second kappa shape index (κ2) is 20.2. The van der Waals surface area contributed by atoms with E-state index in [1.165, 1.54) is 0 Å². The Labute approximate surface area is 246 Å². The molecule has 12 nitrogen and oxygen atoms in total. The van der Waals surface area contributed by atoms with Gasteiger partial charge in [-0.3, -0.25) is 14.4 Å². The number of hydrogen-bond donors (Lipinski definition) is 7. The molecule has 0 saturated carbocycles. The molecule has 0 aromatic carbocycles. The van der Waals surface area contributed by atoms with Crippen molar-refractivity contribution in [1.82, 2.24) is 21.3 Å². The van der Waals surface area contributed by atoms with Gasteiger partial charge in [-0.25, -0.2) is 0 Å². The van der Waals surface area contributed by atoms with Gasteiger partial charge < -0.3 is 37.4 Å². The van der Waals surface area contributed by atoms with Crippen molar-refractivity contribution in [2.24, 2.45) is 27.9 Å². The lowest BCUT2D eigenvalue weighted by Crippen LogP contribution is -2.47. The largest absolute Gasteiger partial charge is 0.411 e. The van der Waals surface area contributed by atoms with E-state index in [9.17, 15) is 14.4 Å². The van der Waals surface area contributed by atoms with Crippen LogP contribution in [-0.2, 0) is 14.4 Å². The molecule has 0 radical (unpaired) electrons. The Morgan fingerprint density at radius 2 is 1.15 bits per heavy atom. The Balaban J connectivity index is 4.51. The number of carbonyl (C=O) groups is 3. The van der Waals surface area contributed by atoms with Crippen molar-refractivity contribution in [3.05, 3.63) is 0 Å². The molecule has 12 heteroatoms. The van der Waals surface area contributed by atoms with E-state index in [1.807, 2.05) is 27.7 Å². The fourth-order valence-electron chi connectivity index (χ4n) is 4.06. The standard InChI is InChI=1S/C29H57N7O5/c1-21(27(30)39)11-8-9-17-31-25(37)12-10-13-26(38)32-18-14-24(15-19-33-28(4,5)22(2)35-40)16-20-34-29(6,7)23(3)36-41/h21,24,33-34,40-41H,8-20H2,1-7H3,(H2,30,39)(H,31,37)(H,32,38)/b35-22-,36-23-. The van der Waals surface area contributed by atoms with Crippen molar-refractivity contribution in [1.29, 1.82) is 0 Å². The van der Waals surface area contributed by atoms with Crippen molar-refractivity contribution >= 4 is 29.1 Å². The van der Waals surface area contributed by atoms with Gasteiger partial charge in [-0.15, -0.1) is 0 Å². The van der Waals surface area contributed by atoms with E-state index >= 15 is 0 Å². The maximum atomic E-state index is 12.4. The lowest BCUT2D eigenvalue weighted by Gasteiger charge is -2.28. The summed E-state index contributed by atoms with van der Waals surface area (Å²) in [6.45, 7) is 15.7. The smallest absolute Gasteiger partial charge is 0.220 e. The zero-order valence-electron chi connectivity index (χ0n) is 26.4. The number of primary amides is 1. The van der Waals surface area contributed by atoms with Gasteiger partial charge in [-0.2, -0.15) is 0 Å². The van der Waals surface area contributed by atoms with Crippen LogP contribution in [0.25, 0.3) is 0 Å². The van der Waals surface area contributed by atoms with Gasteiger partial charge in [0.05, 0.1) is 22.5 Å². The van der Waals surface area contributed by atoms with E-state index in [4.69, 9.17) is 16.1 Å². The highest BCUT2D eigenvalue weighted by Crippen LogP contribution is 2.15. The lowest BCUT2D eigenvalue weighted by molar-refractivity contribution is -0.123. The minimum absolute atomic E-state index is 0.0694. The van der Waals surface area contributed by atoms with Gasteiger partial charge in [0.15, 0.2) is 0 Å². The van der Waals surface area contributed by atoms with Crippen LogP contribution < -0.4 is 27.0 Å². The molecule has 0 aromatic rings. The average molecular weight is 584 g/mol. The molecule has 238 valence electrons. The molecule has 0 fully saturated rings. The van der Waals surface area contributed by atoms with Crippen LogP contribution in [0.4, 0.5) is 0 Å². The third-order valence-electron chi connectivity index (χ3n) is 7.90. The second-order valence-corrected chi connectivity index (χ2v) is 12.1. The summed E-state index contributed by atoms with van der Waals surface area (Å²) in [6.07, 6.45) is 5.93. The fraction of sp³-hybridized carbons (Fsp3) is 0.828. The summed E-state index contributed by atoms with van der Waals surface area (Å²) in [4.78, 5) is 35.4. The Kier molecular flexibility index (Phi) is 18.9. The van der Waals surface area contributed by atoms with E-state index in [1.54, 1.807) is 20.8 Å². The molecular weight excluding hydrogens is 526 g/mol. The van der Waals surface area contributed by atoms with E-state index in [-0.39, 0.29) is 23.6 Å². The molecule has 0 heterocycles. The first kappa shape index (κ1) is 38.3. The zero-order chi connectivity index (χ0) is 31.5. The van der Waals surface area contributed by atoms with Crippen molar-refractivity contribution in [3.8, 4) is 0 Å². The number of amides is 3. The van der Waals surface area contributed by atoms with E-state index < -0.39 is 11.1 Å². The summed E-state index contributed by atoms with van der Waals surface area (Å²) in [6, 6.07) is 0. The van der Waals surface area contributed by atoms with Gasteiger partial charge >= 0.3 is 0 Å². The van der Waals surface area contributed by atoms with Crippen LogP contribution in [0, 0.1) is 11.8 Å². The van der Waals surface area contributed by atoms with Crippen LogP contribution >= 0.6 is 0 Å². The van der Waals surface area contributed by atoms with E-state index in [2.05, 4.69) is 31.6 Å². The number of rotatable bonds is 23. The van der Waals surface area contributed by atoms with Gasteiger partial charge in [0.25, 0.3) is 0 Å². The molecule has 1 atom stereocenters. The number of hydrogen-bond acceptors (Lipinski definition) is 9. The van der Waals surface area contributed by atoms with Crippen molar-refractivity contribution in [2.75, 3.05) is 26.2 Å². The summed E-state index contributed by atoms with van der Waals surface area (Å²) in [7, 11) is 0. The van der Waals surface area contributed by atoms with Crippen molar-refractivity contribution < 1.29 is 24.8 Å². The molecule has 1 unspecified atom stereocenters. The predicted molar refractivity (Wildman–Crippen MR) is 163 cm³/mol. The summed E-state index contributed by atoms with van der Waals surface area (Å²) in [5.74, 6) is -0.283. The highest BCUT2D eigenvalue weighted by atomic mass is 16.4. The Bertz CT molecular complexity index is 822. The molecule has 0 aliphatic rings. The minimum Gasteiger partial charge on any atom is -0.411 e. The summed E-state index contributed by atoms with van der Waals surface area (Å²) in [5.41, 5.74) is 5.59. The predicted octanol–water partition coefficient (Wildman–Crippen LogP) is 2.90. The third-order valence-corrected chi connectivity index (χ3v) is 7.90. The van der Waals surface area contributed by atoms with Crippen LogP contribution in [0.15, 0.2) is 10.3 Å². The maximum Gasteiger partial charge on any atom is 0.220 e. The lowest BCUT2D eigenvalue weighted by atomic mass is 9.94. The Morgan fingerprint density at radius 1 is 0.707 bits per heavy atom. The van der Waals surface area contributed by atoms with E-state index in [0.717, 1.165) is 45.2 Å². The third kappa shape index (κ3) is 17.6. The van der Waals surface area contributed by atoms with Crippen molar-refractivity contribution in [3.63, 3.8) is 0 Å². The number of nitrogens with zero attached hydrogens (tertiary/aromatic N) is 2. The Hall–Kier alpha value is -2.73. The first-order valence-electron chi connectivity index (χ1n) is 14.9. The van der Waals surface area contributed by atoms with Gasteiger partial charge in [-0.05, 0) is 99.1 Å². The molecule has 0 spiro atoms. The maximum absolute atomic E-state index is 12.4. The van der Waals surface area contributed by atoms with Crippen LogP contribution in [0.2, 0.25) is 0 Å². The van der Waals surface area contributed by atoms with Crippen LogP contribution in [0.1, 0.15) is 106 Å². The van der Waals surface area contributed by atoms with E-state index in [0.29, 0.717) is 56.1 Å². The number of carbonyl (C=O) groups excluding carboxylic acids is 3. The van der Waals surface area contributed by atoms with Gasteiger partial charge in [0.1, 0.15) is 0 Å². The number of nitrogens with two attached hydrogens (primary N) is 1. The summed E-state index contributed by atoms with van der Waals surface area (Å²) < 4.78 is 0. The Morgan fingerprint density at radius 3 is 1.59 bits per heavy atom. The number of oxime groups is 2. The zero-order valence-corrected chi connectivity index (χ0v) is 26.4. The molecule has 0 aromatic heterocycles. The number of nitrogens with one attached hydrogen (secondary N) is 4. The van der Waals surface area contributed by atoms with Crippen LogP contribution in [0.5, 0.6) is 0 Å². The fourth-order valence-corrected chi connectivity index (χ4v) is 4.06. The molecule has 41 heavy (non-hydrogen) atoms. The SMILES string of the molecule is C/C(=N/O)C(C)(C)NCCC(CCNC(=O)CCCC(=O)NCCCCC(C)C(N)=O)CCNC(C)(C)/C(C)=N\O. The highest BCUT2D eigenvalue weighted by molar-refractivity contribution is 5.90. The topological polar surface area (TPSA) is 191 Å².